The predicted octanol–water partition coefficient (Wildman–Crippen LogP) is 3.26. The summed E-state index contributed by atoms with van der Waals surface area (Å²) >= 11 is 0. The van der Waals surface area contributed by atoms with Gasteiger partial charge in [-0.25, -0.2) is 4.79 Å². The Balaban J connectivity index is 5.01. The molecule has 0 N–H and O–H groups in total. The topological polar surface area (TPSA) is 35.5 Å². The summed E-state index contributed by atoms with van der Waals surface area (Å²) in [6.45, 7) is 1.84. The quantitative estimate of drug-likeness (QED) is 0.338. The van der Waals surface area contributed by atoms with Gasteiger partial charge in [-0.05, 0) is 13.8 Å². The summed E-state index contributed by atoms with van der Waals surface area (Å²) in [5.41, 5.74) is 0. The minimum absolute atomic E-state index is 0.141. The normalized spacial score (nSPS) is 14.3. The summed E-state index contributed by atoms with van der Waals surface area (Å²) < 4.78 is 92.9. The molecule has 0 spiro atoms. The van der Waals surface area contributed by atoms with Crippen LogP contribution in [-0.4, -0.2) is 30.8 Å². The minimum atomic E-state index is -6.50. The highest BCUT2D eigenvalue weighted by Crippen LogP contribution is 2.47. The van der Waals surface area contributed by atoms with Crippen LogP contribution >= 0.6 is 0 Å². The first-order valence-corrected chi connectivity index (χ1v) is 4.71. The fourth-order valence-corrected chi connectivity index (χ4v) is 0.811. The van der Waals surface area contributed by atoms with Crippen molar-refractivity contribution in [1.82, 2.24) is 0 Å². The second-order valence-electron chi connectivity index (χ2n) is 3.20. The van der Waals surface area contributed by atoms with Crippen LogP contribution in [0.1, 0.15) is 13.8 Å². The molecule has 0 fully saturated rings. The Labute approximate surface area is 103 Å². The molecular weight excluding hydrogens is 289 g/mol. The SMILES string of the molecule is CCOC(=O)/C=C(/C)OC(F)(F)C(F)(F)C(F)(F)F. The standard InChI is InChI=1S/C9H9F7O3/c1-3-18-6(17)4-5(2)19-9(15,16)7(10,11)8(12,13)14/h4H,3H2,1-2H3/b5-4-. The van der Waals surface area contributed by atoms with Gasteiger partial charge < -0.3 is 9.47 Å². The van der Waals surface area contributed by atoms with Crippen LogP contribution < -0.4 is 0 Å². The Bertz CT molecular complexity index is 359. The average Bonchev–Trinajstić information content (AvgIpc) is 2.13. The van der Waals surface area contributed by atoms with Gasteiger partial charge in [-0.1, -0.05) is 0 Å². The molecule has 10 heteroatoms. The van der Waals surface area contributed by atoms with Crippen LogP contribution in [0.25, 0.3) is 0 Å². The van der Waals surface area contributed by atoms with Crippen molar-refractivity contribution < 1.29 is 45.0 Å². The van der Waals surface area contributed by atoms with E-state index in [0.717, 1.165) is 0 Å². The summed E-state index contributed by atoms with van der Waals surface area (Å²) in [5.74, 6) is -8.76. The van der Waals surface area contributed by atoms with Crippen LogP contribution in [0, 0.1) is 0 Å². The summed E-state index contributed by atoms with van der Waals surface area (Å²) in [7, 11) is 0. The lowest BCUT2D eigenvalue weighted by molar-refractivity contribution is -0.415. The van der Waals surface area contributed by atoms with Crippen molar-refractivity contribution in [3.8, 4) is 0 Å². The van der Waals surface area contributed by atoms with Crippen molar-refractivity contribution in [2.75, 3.05) is 6.61 Å². The molecule has 0 amide bonds. The Morgan fingerprint density at radius 1 is 1.11 bits per heavy atom. The molecule has 0 aromatic carbocycles. The van der Waals surface area contributed by atoms with Crippen molar-refractivity contribution in [3.63, 3.8) is 0 Å². The van der Waals surface area contributed by atoms with Gasteiger partial charge in [0.25, 0.3) is 0 Å². The van der Waals surface area contributed by atoms with Gasteiger partial charge in [0, 0.05) is 0 Å². The fraction of sp³-hybridized carbons (Fsp3) is 0.667. The largest absolute Gasteiger partial charge is 0.474 e. The number of hydrogen-bond acceptors (Lipinski definition) is 3. The third-order valence-corrected chi connectivity index (χ3v) is 1.62. The maximum absolute atomic E-state index is 12.7. The molecule has 0 aliphatic heterocycles. The third-order valence-electron chi connectivity index (χ3n) is 1.62. The van der Waals surface area contributed by atoms with Crippen LogP contribution in [0.15, 0.2) is 11.8 Å². The van der Waals surface area contributed by atoms with Gasteiger partial charge in [-0.3, -0.25) is 0 Å². The molecule has 0 radical (unpaired) electrons. The van der Waals surface area contributed by atoms with Gasteiger partial charge in [0.05, 0.1) is 12.7 Å². The van der Waals surface area contributed by atoms with E-state index < -0.39 is 29.9 Å². The van der Waals surface area contributed by atoms with E-state index in [9.17, 15) is 35.5 Å². The van der Waals surface area contributed by atoms with Gasteiger partial charge in [0.2, 0.25) is 0 Å². The monoisotopic (exact) mass is 298 g/mol. The third kappa shape index (κ3) is 4.28. The van der Waals surface area contributed by atoms with Crippen molar-refractivity contribution >= 4 is 5.97 Å². The molecule has 0 saturated carbocycles. The second-order valence-corrected chi connectivity index (χ2v) is 3.20. The van der Waals surface area contributed by atoms with Crippen LogP contribution in [0.2, 0.25) is 0 Å². The zero-order valence-corrected chi connectivity index (χ0v) is 9.65. The molecule has 3 nitrogen and oxygen atoms in total. The van der Waals surface area contributed by atoms with E-state index in [0.29, 0.717) is 6.92 Å². The van der Waals surface area contributed by atoms with E-state index in [-0.39, 0.29) is 12.7 Å². The zero-order chi connectivity index (χ0) is 15.5. The summed E-state index contributed by atoms with van der Waals surface area (Å²) in [6, 6.07) is 0. The highest BCUT2D eigenvalue weighted by atomic mass is 19.4. The van der Waals surface area contributed by atoms with Gasteiger partial charge >= 0.3 is 24.2 Å². The molecule has 0 bridgehead atoms. The number of carbonyl (C=O) groups excluding carboxylic acids is 1. The molecule has 0 aromatic heterocycles. The van der Waals surface area contributed by atoms with E-state index in [4.69, 9.17) is 0 Å². The Kier molecular flexibility index (Phi) is 5.22. The van der Waals surface area contributed by atoms with Crippen LogP contribution in [0.4, 0.5) is 30.7 Å². The van der Waals surface area contributed by atoms with E-state index in [1.165, 1.54) is 6.92 Å². The first-order chi connectivity index (χ1) is 8.35. The van der Waals surface area contributed by atoms with E-state index in [1.807, 2.05) is 0 Å². The number of carbonyl (C=O) groups is 1. The number of rotatable bonds is 5. The van der Waals surface area contributed by atoms with E-state index in [2.05, 4.69) is 9.47 Å². The molecule has 0 unspecified atom stereocenters. The van der Waals surface area contributed by atoms with Gasteiger partial charge in [-0.15, -0.1) is 0 Å². The highest BCUT2D eigenvalue weighted by molar-refractivity contribution is 5.82. The molecule has 112 valence electrons. The van der Waals surface area contributed by atoms with Crippen molar-refractivity contribution in [3.05, 3.63) is 11.8 Å². The molecule has 0 aromatic rings. The van der Waals surface area contributed by atoms with Crippen molar-refractivity contribution in [2.45, 2.75) is 32.1 Å². The Morgan fingerprint density at radius 2 is 1.58 bits per heavy atom. The molecule has 19 heavy (non-hydrogen) atoms. The average molecular weight is 298 g/mol. The van der Waals surface area contributed by atoms with Gasteiger partial charge in [0.1, 0.15) is 5.76 Å². The molecule has 0 aliphatic carbocycles. The molecular formula is C9H9F7O3. The molecule has 0 atom stereocenters. The molecule has 0 aliphatic rings. The second kappa shape index (κ2) is 5.66. The smallest absolute Gasteiger partial charge is 0.463 e. The fourth-order valence-electron chi connectivity index (χ4n) is 0.811. The zero-order valence-electron chi connectivity index (χ0n) is 9.65. The predicted molar refractivity (Wildman–Crippen MR) is 47.4 cm³/mol. The lowest BCUT2D eigenvalue weighted by Crippen LogP contribution is -2.53. The number of hydrogen-bond donors (Lipinski definition) is 0. The number of ether oxygens (including phenoxy) is 2. The number of esters is 1. The molecule has 0 heterocycles. The van der Waals surface area contributed by atoms with E-state index >= 15 is 0 Å². The first kappa shape index (κ1) is 17.5. The summed E-state index contributed by atoms with van der Waals surface area (Å²) in [6.07, 6.45) is -12.1. The molecule has 0 rings (SSSR count). The molecule has 0 saturated heterocycles. The van der Waals surface area contributed by atoms with Gasteiger partial charge in [0.15, 0.2) is 0 Å². The van der Waals surface area contributed by atoms with Crippen LogP contribution in [0.5, 0.6) is 0 Å². The minimum Gasteiger partial charge on any atom is -0.463 e. The van der Waals surface area contributed by atoms with Crippen LogP contribution in [0.3, 0.4) is 0 Å². The van der Waals surface area contributed by atoms with Gasteiger partial charge in [-0.2, -0.15) is 30.7 Å². The summed E-state index contributed by atoms with van der Waals surface area (Å²) in [4.78, 5) is 10.8. The Morgan fingerprint density at radius 3 is 1.95 bits per heavy atom. The maximum Gasteiger partial charge on any atom is 0.474 e. The highest BCUT2D eigenvalue weighted by Gasteiger charge is 2.75. The number of halogens is 7. The number of alkyl halides is 7. The maximum atomic E-state index is 12.7. The number of allylic oxidation sites excluding steroid dienone is 1. The lowest BCUT2D eigenvalue weighted by Gasteiger charge is -2.27. The lowest BCUT2D eigenvalue weighted by atomic mass is 10.3. The first-order valence-electron chi connectivity index (χ1n) is 4.71. The van der Waals surface area contributed by atoms with Crippen molar-refractivity contribution in [2.24, 2.45) is 0 Å². The van der Waals surface area contributed by atoms with Crippen LogP contribution in [-0.2, 0) is 14.3 Å². The summed E-state index contributed by atoms with van der Waals surface area (Å²) in [5, 5.41) is 0. The van der Waals surface area contributed by atoms with Crippen molar-refractivity contribution in [1.29, 1.82) is 0 Å². The Hall–Kier alpha value is -1.48. The van der Waals surface area contributed by atoms with E-state index in [1.54, 1.807) is 0 Å².